The van der Waals surface area contributed by atoms with Gasteiger partial charge in [-0.3, -0.25) is 4.79 Å². The predicted molar refractivity (Wildman–Crippen MR) is 154 cm³/mol. The molecule has 0 fully saturated rings. The highest BCUT2D eigenvalue weighted by molar-refractivity contribution is 7.88. The lowest BCUT2D eigenvalue weighted by Gasteiger charge is -2.29. The van der Waals surface area contributed by atoms with Crippen molar-refractivity contribution >= 4 is 15.9 Å². The zero-order chi connectivity index (χ0) is 29.2. The maximum atomic E-state index is 13.2. The molecule has 0 radical (unpaired) electrons. The first-order chi connectivity index (χ1) is 18.9. The number of methoxy groups -OCH3 is 1. The molecule has 0 aliphatic rings. The molecule has 1 amide bonds. The van der Waals surface area contributed by atoms with Gasteiger partial charge in [0.15, 0.2) is 0 Å². The van der Waals surface area contributed by atoms with Crippen LogP contribution in [0.2, 0.25) is 0 Å². The van der Waals surface area contributed by atoms with Crippen LogP contribution in [0.3, 0.4) is 0 Å². The van der Waals surface area contributed by atoms with Crippen LogP contribution >= 0.6 is 0 Å². The fraction of sp³-hybridized carbons (Fsp3) is 0.367. The molecule has 0 unspecified atom stereocenters. The number of nitrogens with one attached hydrogen (secondary N) is 3. The van der Waals surface area contributed by atoms with Crippen LogP contribution in [-0.4, -0.2) is 50.8 Å². The number of carbonyl (C=O) groups is 1. The Balaban J connectivity index is 1.61. The summed E-state index contributed by atoms with van der Waals surface area (Å²) in [5.74, 6) is -0.451. The number of hydrogen-bond donors (Lipinski definition) is 4. The van der Waals surface area contributed by atoms with Gasteiger partial charge in [-0.05, 0) is 61.2 Å². The topological polar surface area (TPSA) is 117 Å². The van der Waals surface area contributed by atoms with Gasteiger partial charge in [0.1, 0.15) is 11.6 Å². The van der Waals surface area contributed by atoms with Crippen molar-refractivity contribution in [2.24, 2.45) is 0 Å². The molecule has 4 N–H and O–H groups in total. The molecule has 0 aliphatic heterocycles. The molecule has 0 heterocycles. The van der Waals surface area contributed by atoms with Gasteiger partial charge in [-0.1, -0.05) is 54.6 Å². The fourth-order valence-corrected chi connectivity index (χ4v) is 6.01. The van der Waals surface area contributed by atoms with E-state index in [4.69, 9.17) is 4.74 Å². The number of benzene rings is 3. The summed E-state index contributed by atoms with van der Waals surface area (Å²) in [7, 11) is -2.21. The minimum Gasteiger partial charge on any atom is -0.497 e. The van der Waals surface area contributed by atoms with Crippen molar-refractivity contribution in [2.45, 2.75) is 56.7 Å². The SMILES string of the molecule is COc1cccc(CNC[C@@H](O)[C@H](Cc2ccccc2)NC(=O)CC(C)(C)NS(=O)(=O)Cc2ccc(F)cc2)c1. The predicted octanol–water partition coefficient (Wildman–Crippen LogP) is 3.30. The van der Waals surface area contributed by atoms with Crippen molar-refractivity contribution < 1.29 is 27.4 Å². The molecule has 10 heteroatoms. The van der Waals surface area contributed by atoms with Gasteiger partial charge in [-0.25, -0.2) is 17.5 Å². The Hall–Kier alpha value is -3.31. The number of rotatable bonds is 15. The molecule has 0 aromatic heterocycles. The highest BCUT2D eigenvalue weighted by Crippen LogP contribution is 2.16. The minimum absolute atomic E-state index is 0.148. The van der Waals surface area contributed by atoms with E-state index < -0.39 is 39.4 Å². The van der Waals surface area contributed by atoms with Crippen molar-refractivity contribution in [3.63, 3.8) is 0 Å². The van der Waals surface area contributed by atoms with Crippen LogP contribution in [-0.2, 0) is 33.5 Å². The van der Waals surface area contributed by atoms with Crippen LogP contribution in [0, 0.1) is 5.82 Å². The van der Waals surface area contributed by atoms with Crippen molar-refractivity contribution in [3.05, 3.63) is 101 Å². The second kappa shape index (κ2) is 14.4. The van der Waals surface area contributed by atoms with Crippen molar-refractivity contribution in [1.29, 1.82) is 0 Å². The Morgan fingerprint density at radius 3 is 2.33 bits per heavy atom. The standard InChI is InChI=1S/C30H38FN3O5S/c1-30(2,34-40(37,38)21-23-12-14-25(31)15-13-23)18-29(36)33-27(17-22-8-5-4-6-9-22)28(35)20-32-19-24-10-7-11-26(16-24)39-3/h4-16,27-28,32,34-35H,17-21H2,1-3H3,(H,33,36)/t27-,28+/m0/s1. The van der Waals surface area contributed by atoms with Crippen LogP contribution in [0.15, 0.2) is 78.9 Å². The second-order valence-electron chi connectivity index (χ2n) is 10.5. The molecule has 8 nitrogen and oxygen atoms in total. The fourth-order valence-electron chi connectivity index (χ4n) is 4.39. The number of hydrogen-bond acceptors (Lipinski definition) is 6. The Kier molecular flexibility index (Phi) is 11.2. The summed E-state index contributed by atoms with van der Waals surface area (Å²) in [6.45, 7) is 3.96. The molecule has 2 atom stereocenters. The van der Waals surface area contributed by atoms with Gasteiger partial charge >= 0.3 is 0 Å². The summed E-state index contributed by atoms with van der Waals surface area (Å²) in [5, 5.41) is 17.2. The first-order valence-electron chi connectivity index (χ1n) is 13.1. The van der Waals surface area contributed by atoms with Crippen molar-refractivity contribution in [3.8, 4) is 5.75 Å². The number of halogens is 1. The van der Waals surface area contributed by atoms with Crippen LogP contribution in [0.25, 0.3) is 0 Å². The first kappa shape index (κ1) is 31.2. The largest absolute Gasteiger partial charge is 0.497 e. The minimum atomic E-state index is -3.81. The number of sulfonamides is 1. The van der Waals surface area contributed by atoms with Gasteiger partial charge in [0.2, 0.25) is 15.9 Å². The third kappa shape index (κ3) is 10.7. The monoisotopic (exact) mass is 571 g/mol. The molecular weight excluding hydrogens is 533 g/mol. The lowest BCUT2D eigenvalue weighted by Crippen LogP contribution is -2.52. The van der Waals surface area contributed by atoms with Gasteiger partial charge in [-0.15, -0.1) is 0 Å². The van der Waals surface area contributed by atoms with Crippen LogP contribution in [0.4, 0.5) is 4.39 Å². The average Bonchev–Trinajstić information content (AvgIpc) is 2.89. The maximum absolute atomic E-state index is 13.2. The Morgan fingerprint density at radius 2 is 1.65 bits per heavy atom. The van der Waals surface area contributed by atoms with E-state index in [0.717, 1.165) is 16.9 Å². The number of amides is 1. The van der Waals surface area contributed by atoms with Gasteiger partial charge in [0.25, 0.3) is 0 Å². The molecule has 0 aliphatic carbocycles. The smallest absolute Gasteiger partial charge is 0.222 e. The summed E-state index contributed by atoms with van der Waals surface area (Å²) < 4.78 is 46.5. The quantitative estimate of drug-likeness (QED) is 0.223. The number of aliphatic hydroxyl groups excluding tert-OH is 1. The molecule has 0 saturated heterocycles. The lowest BCUT2D eigenvalue weighted by molar-refractivity contribution is -0.123. The summed E-state index contributed by atoms with van der Waals surface area (Å²) in [4.78, 5) is 13.1. The average molecular weight is 572 g/mol. The van der Waals surface area contributed by atoms with E-state index in [9.17, 15) is 22.7 Å². The van der Waals surface area contributed by atoms with E-state index in [1.807, 2.05) is 54.6 Å². The number of carbonyl (C=O) groups excluding carboxylic acids is 1. The highest BCUT2D eigenvalue weighted by Gasteiger charge is 2.30. The summed E-state index contributed by atoms with van der Waals surface area (Å²) >= 11 is 0. The Labute approximate surface area is 236 Å². The number of ether oxygens (including phenoxy) is 1. The van der Waals surface area contributed by atoms with Crippen molar-refractivity contribution in [1.82, 2.24) is 15.4 Å². The van der Waals surface area contributed by atoms with Gasteiger partial charge < -0.3 is 20.5 Å². The first-order valence-corrected chi connectivity index (χ1v) is 14.7. The van der Waals surface area contributed by atoms with Gasteiger partial charge in [0, 0.05) is 25.0 Å². The summed E-state index contributed by atoms with van der Waals surface area (Å²) in [6, 6.07) is 21.7. The molecule has 0 bridgehead atoms. The van der Waals surface area contributed by atoms with E-state index in [0.29, 0.717) is 18.5 Å². The van der Waals surface area contributed by atoms with Gasteiger partial charge in [-0.2, -0.15) is 0 Å². The van der Waals surface area contributed by atoms with E-state index in [1.165, 1.54) is 24.3 Å². The third-order valence-electron chi connectivity index (χ3n) is 6.23. The van der Waals surface area contributed by atoms with E-state index in [-0.39, 0.29) is 18.7 Å². The molecule has 40 heavy (non-hydrogen) atoms. The van der Waals surface area contributed by atoms with Crippen LogP contribution in [0.5, 0.6) is 5.75 Å². The molecule has 3 aromatic rings. The third-order valence-corrected chi connectivity index (χ3v) is 7.81. The van der Waals surface area contributed by atoms with E-state index >= 15 is 0 Å². The molecule has 0 spiro atoms. The highest BCUT2D eigenvalue weighted by atomic mass is 32.2. The summed E-state index contributed by atoms with van der Waals surface area (Å²) in [6.07, 6.45) is -0.663. The normalized spacial score (nSPS) is 13.4. The maximum Gasteiger partial charge on any atom is 0.222 e. The van der Waals surface area contributed by atoms with Crippen LogP contribution < -0.4 is 20.1 Å². The summed E-state index contributed by atoms with van der Waals surface area (Å²) in [5.41, 5.74) is 1.26. The zero-order valence-corrected chi connectivity index (χ0v) is 23.9. The Bertz CT molecular complexity index is 1330. The van der Waals surface area contributed by atoms with Crippen LogP contribution in [0.1, 0.15) is 37.0 Å². The Morgan fingerprint density at radius 1 is 0.975 bits per heavy atom. The molecular formula is C30H38FN3O5S. The molecule has 3 aromatic carbocycles. The van der Waals surface area contributed by atoms with Crippen molar-refractivity contribution in [2.75, 3.05) is 13.7 Å². The molecule has 216 valence electrons. The molecule has 3 rings (SSSR count). The van der Waals surface area contributed by atoms with Gasteiger partial charge in [0.05, 0.1) is 25.0 Å². The zero-order valence-electron chi connectivity index (χ0n) is 23.1. The lowest BCUT2D eigenvalue weighted by atomic mass is 9.98. The molecule has 0 saturated carbocycles. The number of aliphatic hydroxyl groups is 1. The van der Waals surface area contributed by atoms with E-state index in [2.05, 4.69) is 15.4 Å². The second-order valence-corrected chi connectivity index (χ2v) is 12.2. The van der Waals surface area contributed by atoms with E-state index in [1.54, 1.807) is 21.0 Å².